The third kappa shape index (κ3) is 6.04. The molecule has 0 aliphatic rings. The van der Waals surface area contributed by atoms with Crippen LogP contribution in [-0.2, 0) is 24.0 Å². The van der Waals surface area contributed by atoms with E-state index in [4.69, 9.17) is 0 Å². The van der Waals surface area contributed by atoms with Crippen LogP contribution in [0.25, 0.3) is 0 Å². The van der Waals surface area contributed by atoms with E-state index >= 15 is 0 Å². The second-order valence-electron chi connectivity index (χ2n) is 7.49. The first-order valence-corrected chi connectivity index (χ1v) is 10.1. The zero-order valence-electron chi connectivity index (χ0n) is 17.8. The Bertz CT molecular complexity index is 1050. The Morgan fingerprint density at radius 2 is 1.77 bits per heavy atom. The molecule has 0 unspecified atom stereocenters. The molecule has 1 aromatic heterocycles. The molecule has 0 bridgehead atoms. The van der Waals surface area contributed by atoms with E-state index in [2.05, 4.69) is 84.4 Å². The molecule has 2 aromatic carbocycles. The van der Waals surface area contributed by atoms with Gasteiger partial charge >= 0.3 is 0 Å². The summed E-state index contributed by atoms with van der Waals surface area (Å²) < 4.78 is 0. The van der Waals surface area contributed by atoms with Crippen LogP contribution >= 0.6 is 0 Å². The number of amides is 1. The normalized spacial score (nSPS) is 10.5. The van der Waals surface area contributed by atoms with Gasteiger partial charge in [0.1, 0.15) is 20.0 Å². The van der Waals surface area contributed by atoms with E-state index in [0.29, 0.717) is 12.2 Å². The van der Waals surface area contributed by atoms with Gasteiger partial charge in [0, 0.05) is 37.2 Å². The van der Waals surface area contributed by atoms with Crippen LogP contribution in [0.2, 0.25) is 0 Å². The third-order valence-electron chi connectivity index (χ3n) is 4.81. The highest BCUT2D eigenvalue weighted by atomic mass is 16.1. The summed E-state index contributed by atoms with van der Waals surface area (Å²) >= 11 is 0. The first-order valence-electron chi connectivity index (χ1n) is 10.1. The predicted octanol–water partition coefficient (Wildman–Crippen LogP) is 3.64. The molecule has 0 atom stereocenters. The molecule has 152 valence electrons. The molecule has 3 aromatic rings. The van der Waals surface area contributed by atoms with Gasteiger partial charge in [-0.15, -0.1) is 0 Å². The lowest BCUT2D eigenvalue weighted by atomic mass is 9.94. The first-order chi connectivity index (χ1) is 14.4. The van der Waals surface area contributed by atoms with E-state index in [-0.39, 0.29) is 5.91 Å². The molecule has 0 radical (unpaired) electrons. The van der Waals surface area contributed by atoms with Crippen LogP contribution in [0, 0.1) is 6.92 Å². The number of hydrogen-bond donors (Lipinski definition) is 2. The summed E-state index contributed by atoms with van der Waals surface area (Å²) in [4.78, 5) is 19.5. The molecule has 0 saturated carbocycles. The SMILES string of the molecule is BCc1cc(C)ccc1NC(=C)Cc1ccc(Cc2cc(NC(C)=O)ncn2)cc1. The summed E-state index contributed by atoms with van der Waals surface area (Å²) in [6.45, 7) is 7.78. The number of benzene rings is 2. The quantitative estimate of drug-likeness (QED) is 0.569. The van der Waals surface area contributed by atoms with Gasteiger partial charge in [0.05, 0.1) is 5.69 Å². The lowest BCUT2D eigenvalue weighted by Gasteiger charge is -2.14. The fourth-order valence-electron chi connectivity index (χ4n) is 3.35. The first kappa shape index (κ1) is 21.3. The number of nitrogens with zero attached hydrogens (tertiary/aromatic N) is 2. The van der Waals surface area contributed by atoms with Gasteiger partial charge in [-0.3, -0.25) is 4.79 Å². The number of aromatic nitrogens is 2. The van der Waals surface area contributed by atoms with E-state index in [1.165, 1.54) is 29.9 Å². The summed E-state index contributed by atoms with van der Waals surface area (Å²) in [5.74, 6) is 0.378. The van der Waals surface area contributed by atoms with Gasteiger partial charge in [0.15, 0.2) is 0 Å². The molecule has 6 heteroatoms. The maximum atomic E-state index is 11.2. The van der Waals surface area contributed by atoms with Crippen LogP contribution in [0.1, 0.15) is 34.9 Å². The van der Waals surface area contributed by atoms with E-state index in [0.717, 1.165) is 35.4 Å². The highest BCUT2D eigenvalue weighted by Crippen LogP contribution is 2.20. The molecule has 30 heavy (non-hydrogen) atoms. The number of allylic oxidation sites excluding steroid dienone is 1. The van der Waals surface area contributed by atoms with E-state index in [9.17, 15) is 4.79 Å². The Morgan fingerprint density at radius 1 is 1.03 bits per heavy atom. The zero-order chi connectivity index (χ0) is 21.5. The topological polar surface area (TPSA) is 66.9 Å². The monoisotopic (exact) mass is 398 g/mol. The molecular formula is C24H27BN4O. The largest absolute Gasteiger partial charge is 0.359 e. The van der Waals surface area contributed by atoms with Crippen molar-refractivity contribution < 1.29 is 4.79 Å². The second kappa shape index (κ2) is 9.88. The van der Waals surface area contributed by atoms with Crippen molar-refractivity contribution in [3.05, 3.63) is 95.1 Å². The Kier molecular flexibility index (Phi) is 7.01. The predicted molar refractivity (Wildman–Crippen MR) is 125 cm³/mol. The van der Waals surface area contributed by atoms with Crippen molar-refractivity contribution >= 4 is 25.3 Å². The minimum atomic E-state index is -0.144. The number of nitrogens with one attached hydrogen (secondary N) is 2. The molecule has 1 heterocycles. The van der Waals surface area contributed by atoms with Crippen molar-refractivity contribution in [2.45, 2.75) is 33.0 Å². The van der Waals surface area contributed by atoms with Crippen molar-refractivity contribution in [2.75, 3.05) is 10.6 Å². The smallest absolute Gasteiger partial charge is 0.222 e. The minimum absolute atomic E-state index is 0.144. The van der Waals surface area contributed by atoms with Gasteiger partial charge in [0.25, 0.3) is 0 Å². The van der Waals surface area contributed by atoms with Gasteiger partial charge in [-0.2, -0.15) is 0 Å². The Morgan fingerprint density at radius 3 is 2.47 bits per heavy atom. The lowest BCUT2D eigenvalue weighted by Crippen LogP contribution is -2.08. The van der Waals surface area contributed by atoms with Crippen LogP contribution in [-0.4, -0.2) is 23.7 Å². The Balaban J connectivity index is 1.61. The molecule has 0 saturated heterocycles. The fraction of sp³-hybridized carbons (Fsp3) is 0.208. The minimum Gasteiger partial charge on any atom is -0.359 e. The lowest BCUT2D eigenvalue weighted by molar-refractivity contribution is -0.114. The van der Waals surface area contributed by atoms with Gasteiger partial charge < -0.3 is 10.6 Å². The highest BCUT2D eigenvalue weighted by Gasteiger charge is 2.05. The van der Waals surface area contributed by atoms with Crippen molar-refractivity contribution in [1.82, 2.24) is 9.97 Å². The summed E-state index contributed by atoms with van der Waals surface area (Å²) in [5.41, 5.74) is 7.88. The fourth-order valence-corrected chi connectivity index (χ4v) is 3.35. The highest BCUT2D eigenvalue weighted by molar-refractivity contribution is 6.08. The average molecular weight is 398 g/mol. The Labute approximate surface area is 179 Å². The van der Waals surface area contributed by atoms with Gasteiger partial charge in [0.2, 0.25) is 5.91 Å². The van der Waals surface area contributed by atoms with Crippen molar-refractivity contribution in [2.24, 2.45) is 0 Å². The van der Waals surface area contributed by atoms with Gasteiger partial charge in [-0.25, -0.2) is 9.97 Å². The number of hydrogen-bond acceptors (Lipinski definition) is 4. The average Bonchev–Trinajstić information content (AvgIpc) is 2.70. The van der Waals surface area contributed by atoms with Crippen LogP contribution < -0.4 is 10.6 Å². The summed E-state index contributed by atoms with van der Waals surface area (Å²) in [5, 5.41) is 6.15. The standard InChI is InChI=1S/C24H27BN4O/c1-16-4-9-23(21(10-16)14-25)28-17(2)11-19-5-7-20(8-6-19)12-22-13-24(27-15-26-22)29-18(3)30/h4-10,13,15,28H,2,11-12,14,25H2,1,3H3,(H,26,27,29,30). The second-order valence-corrected chi connectivity index (χ2v) is 7.49. The molecule has 0 fully saturated rings. The third-order valence-corrected chi connectivity index (χ3v) is 4.81. The molecule has 5 nitrogen and oxygen atoms in total. The maximum Gasteiger partial charge on any atom is 0.222 e. The summed E-state index contributed by atoms with van der Waals surface area (Å²) in [6.07, 6.45) is 3.90. The van der Waals surface area contributed by atoms with Crippen LogP contribution in [0.5, 0.6) is 0 Å². The van der Waals surface area contributed by atoms with Crippen LogP contribution in [0.4, 0.5) is 11.5 Å². The molecule has 0 aliphatic carbocycles. The number of carbonyl (C=O) groups excluding carboxylic acids is 1. The molecule has 3 rings (SSSR count). The van der Waals surface area contributed by atoms with E-state index in [1.54, 1.807) is 6.07 Å². The number of aryl methyl sites for hydroxylation is 1. The Hall–Kier alpha value is -3.41. The van der Waals surface area contributed by atoms with Crippen molar-refractivity contribution in [1.29, 1.82) is 0 Å². The summed E-state index contributed by atoms with van der Waals surface area (Å²) in [6, 6.07) is 16.7. The summed E-state index contributed by atoms with van der Waals surface area (Å²) in [7, 11) is 2.16. The number of rotatable bonds is 8. The maximum absolute atomic E-state index is 11.2. The number of anilines is 2. The van der Waals surface area contributed by atoms with Crippen molar-refractivity contribution in [3.63, 3.8) is 0 Å². The molecular weight excluding hydrogens is 371 g/mol. The van der Waals surface area contributed by atoms with Gasteiger partial charge in [-0.1, -0.05) is 54.9 Å². The zero-order valence-corrected chi connectivity index (χ0v) is 17.8. The number of carbonyl (C=O) groups is 1. The molecule has 0 spiro atoms. The van der Waals surface area contributed by atoms with E-state index in [1.807, 2.05) is 0 Å². The molecule has 2 N–H and O–H groups in total. The van der Waals surface area contributed by atoms with Crippen molar-refractivity contribution in [3.8, 4) is 0 Å². The van der Waals surface area contributed by atoms with Gasteiger partial charge in [-0.05, 0) is 29.7 Å². The molecule has 0 aliphatic heterocycles. The van der Waals surface area contributed by atoms with Crippen LogP contribution in [0.3, 0.4) is 0 Å². The van der Waals surface area contributed by atoms with Crippen LogP contribution in [0.15, 0.2) is 67.1 Å². The molecule has 1 amide bonds. The van der Waals surface area contributed by atoms with E-state index < -0.39 is 0 Å².